The molecule has 1 fully saturated rings. The van der Waals surface area contributed by atoms with Crippen molar-refractivity contribution >= 4 is 15.7 Å². The van der Waals surface area contributed by atoms with Gasteiger partial charge in [-0.1, -0.05) is 12.1 Å². The van der Waals surface area contributed by atoms with Crippen molar-refractivity contribution in [2.45, 2.75) is 25.2 Å². The Bertz CT molecular complexity index is 530. The van der Waals surface area contributed by atoms with E-state index in [1.807, 2.05) is 6.92 Å². The fourth-order valence-corrected chi connectivity index (χ4v) is 3.42. The minimum atomic E-state index is -3.32. The Kier molecular flexibility index (Phi) is 4.44. The third-order valence-electron chi connectivity index (χ3n) is 3.41. The molecule has 1 aliphatic rings. The zero-order valence-electron chi connectivity index (χ0n) is 11.0. The Morgan fingerprint density at radius 2 is 2.26 bits per heavy atom. The van der Waals surface area contributed by atoms with Gasteiger partial charge in [-0.3, -0.25) is 0 Å². The molecule has 19 heavy (non-hydrogen) atoms. The molecule has 0 aromatic heterocycles. The standard InChI is InChI=1S/C13H20N2O3S/c1-10-12(5-6-18-10)8-15-19(16,17)9-11-3-2-4-13(14)7-11/h2-4,7,10,12,15H,5-6,8-9,14H2,1H3. The van der Waals surface area contributed by atoms with E-state index in [-0.39, 0.29) is 17.8 Å². The number of hydrogen-bond acceptors (Lipinski definition) is 4. The number of hydrogen-bond donors (Lipinski definition) is 2. The van der Waals surface area contributed by atoms with Gasteiger partial charge in [0, 0.05) is 24.8 Å². The molecule has 2 rings (SSSR count). The lowest BCUT2D eigenvalue weighted by Gasteiger charge is -2.15. The zero-order chi connectivity index (χ0) is 13.9. The number of nitrogens with one attached hydrogen (secondary N) is 1. The Labute approximate surface area is 114 Å². The molecule has 2 atom stereocenters. The van der Waals surface area contributed by atoms with Crippen LogP contribution >= 0.6 is 0 Å². The normalized spacial score (nSPS) is 23.6. The Balaban J connectivity index is 1.91. The zero-order valence-corrected chi connectivity index (χ0v) is 11.8. The van der Waals surface area contributed by atoms with Gasteiger partial charge in [-0.05, 0) is 31.0 Å². The van der Waals surface area contributed by atoms with Gasteiger partial charge in [0.25, 0.3) is 0 Å². The molecule has 106 valence electrons. The fraction of sp³-hybridized carbons (Fsp3) is 0.538. The summed E-state index contributed by atoms with van der Waals surface area (Å²) in [6.07, 6.45) is 1.03. The lowest BCUT2D eigenvalue weighted by Crippen LogP contribution is -2.32. The van der Waals surface area contributed by atoms with Crippen molar-refractivity contribution in [1.29, 1.82) is 0 Å². The van der Waals surface area contributed by atoms with Gasteiger partial charge in [0.05, 0.1) is 11.9 Å². The van der Waals surface area contributed by atoms with Gasteiger partial charge in [-0.15, -0.1) is 0 Å². The molecule has 0 radical (unpaired) electrons. The topological polar surface area (TPSA) is 81.4 Å². The van der Waals surface area contributed by atoms with Gasteiger partial charge in [0.15, 0.2) is 0 Å². The van der Waals surface area contributed by atoms with Gasteiger partial charge < -0.3 is 10.5 Å². The summed E-state index contributed by atoms with van der Waals surface area (Å²) in [6.45, 7) is 3.12. The SMILES string of the molecule is CC1OCCC1CNS(=O)(=O)Cc1cccc(N)c1. The lowest BCUT2D eigenvalue weighted by atomic mass is 10.0. The summed E-state index contributed by atoms with van der Waals surface area (Å²) in [6, 6.07) is 6.94. The van der Waals surface area contributed by atoms with Crippen LogP contribution in [0.4, 0.5) is 5.69 Å². The second-order valence-corrected chi connectivity index (χ2v) is 6.78. The van der Waals surface area contributed by atoms with Crippen LogP contribution in [0.5, 0.6) is 0 Å². The molecule has 0 aliphatic carbocycles. The number of nitrogen functional groups attached to an aromatic ring is 1. The fourth-order valence-electron chi connectivity index (χ4n) is 2.23. The van der Waals surface area contributed by atoms with Crippen LogP contribution in [0.25, 0.3) is 0 Å². The molecule has 1 aromatic carbocycles. The van der Waals surface area contributed by atoms with Crippen molar-refractivity contribution in [3.63, 3.8) is 0 Å². The number of rotatable bonds is 5. The first-order chi connectivity index (χ1) is 8.96. The van der Waals surface area contributed by atoms with E-state index in [0.717, 1.165) is 6.42 Å². The maximum absolute atomic E-state index is 12.0. The Hall–Kier alpha value is -1.11. The first-order valence-corrected chi connectivity index (χ1v) is 8.05. The van der Waals surface area contributed by atoms with Crippen molar-refractivity contribution in [2.75, 3.05) is 18.9 Å². The van der Waals surface area contributed by atoms with Crippen LogP contribution in [-0.2, 0) is 20.5 Å². The van der Waals surface area contributed by atoms with Crippen molar-refractivity contribution in [3.05, 3.63) is 29.8 Å². The molecule has 1 saturated heterocycles. The lowest BCUT2D eigenvalue weighted by molar-refractivity contribution is 0.107. The van der Waals surface area contributed by atoms with E-state index in [2.05, 4.69) is 4.72 Å². The summed E-state index contributed by atoms with van der Waals surface area (Å²) in [5, 5.41) is 0. The van der Waals surface area contributed by atoms with Crippen LogP contribution in [0.3, 0.4) is 0 Å². The molecule has 1 heterocycles. The van der Waals surface area contributed by atoms with Crippen molar-refractivity contribution in [2.24, 2.45) is 5.92 Å². The maximum Gasteiger partial charge on any atom is 0.215 e. The molecule has 1 aliphatic heterocycles. The molecular weight excluding hydrogens is 264 g/mol. The predicted molar refractivity (Wildman–Crippen MR) is 75.0 cm³/mol. The Morgan fingerprint density at radius 3 is 2.89 bits per heavy atom. The average molecular weight is 284 g/mol. The first-order valence-electron chi connectivity index (χ1n) is 6.39. The highest BCUT2D eigenvalue weighted by Gasteiger charge is 2.25. The van der Waals surface area contributed by atoms with Crippen LogP contribution in [0, 0.1) is 5.92 Å². The van der Waals surface area contributed by atoms with E-state index in [9.17, 15) is 8.42 Å². The van der Waals surface area contributed by atoms with Gasteiger partial charge in [0.2, 0.25) is 10.0 Å². The number of ether oxygens (including phenoxy) is 1. The molecule has 2 unspecified atom stereocenters. The second kappa shape index (κ2) is 5.90. The molecular formula is C13H20N2O3S. The van der Waals surface area contributed by atoms with Crippen LogP contribution < -0.4 is 10.5 Å². The van der Waals surface area contributed by atoms with Gasteiger partial charge in [0.1, 0.15) is 0 Å². The third-order valence-corrected chi connectivity index (χ3v) is 4.73. The van der Waals surface area contributed by atoms with Gasteiger partial charge >= 0.3 is 0 Å². The van der Waals surface area contributed by atoms with Crippen LogP contribution in [0.15, 0.2) is 24.3 Å². The van der Waals surface area contributed by atoms with Crippen molar-refractivity contribution in [1.82, 2.24) is 4.72 Å². The van der Waals surface area contributed by atoms with Gasteiger partial charge in [-0.2, -0.15) is 0 Å². The summed E-state index contributed by atoms with van der Waals surface area (Å²) in [7, 11) is -3.32. The Morgan fingerprint density at radius 1 is 1.47 bits per heavy atom. The molecule has 3 N–H and O–H groups in total. The third kappa shape index (κ3) is 4.19. The molecule has 6 heteroatoms. The smallest absolute Gasteiger partial charge is 0.215 e. The highest BCUT2D eigenvalue weighted by molar-refractivity contribution is 7.88. The predicted octanol–water partition coefficient (Wildman–Crippen LogP) is 1.11. The largest absolute Gasteiger partial charge is 0.399 e. The van der Waals surface area contributed by atoms with Crippen LogP contribution in [0.2, 0.25) is 0 Å². The van der Waals surface area contributed by atoms with E-state index in [1.165, 1.54) is 0 Å². The summed E-state index contributed by atoms with van der Waals surface area (Å²) in [4.78, 5) is 0. The first kappa shape index (κ1) is 14.3. The van der Waals surface area contributed by atoms with Crippen LogP contribution in [0.1, 0.15) is 18.9 Å². The minimum Gasteiger partial charge on any atom is -0.399 e. The summed E-state index contributed by atoms with van der Waals surface area (Å²) in [5.74, 6) is 0.218. The quantitative estimate of drug-likeness (QED) is 0.794. The number of nitrogens with two attached hydrogens (primary N) is 1. The van der Waals surface area contributed by atoms with E-state index in [0.29, 0.717) is 24.4 Å². The molecule has 5 nitrogen and oxygen atoms in total. The number of benzene rings is 1. The average Bonchev–Trinajstić information content (AvgIpc) is 2.72. The minimum absolute atomic E-state index is 0.0417. The second-order valence-electron chi connectivity index (χ2n) is 4.98. The number of anilines is 1. The summed E-state index contributed by atoms with van der Waals surface area (Å²) in [5.41, 5.74) is 6.91. The summed E-state index contributed by atoms with van der Waals surface area (Å²) < 4.78 is 32.0. The maximum atomic E-state index is 12.0. The van der Waals surface area contributed by atoms with E-state index >= 15 is 0 Å². The van der Waals surface area contributed by atoms with Crippen molar-refractivity contribution in [3.8, 4) is 0 Å². The van der Waals surface area contributed by atoms with Crippen LogP contribution in [-0.4, -0.2) is 27.7 Å². The van der Waals surface area contributed by atoms with Gasteiger partial charge in [-0.25, -0.2) is 13.1 Å². The molecule has 1 aromatic rings. The molecule has 0 spiro atoms. The van der Waals surface area contributed by atoms with E-state index in [4.69, 9.17) is 10.5 Å². The van der Waals surface area contributed by atoms with E-state index in [1.54, 1.807) is 24.3 Å². The number of sulfonamides is 1. The molecule has 0 bridgehead atoms. The highest BCUT2D eigenvalue weighted by Crippen LogP contribution is 2.19. The molecule has 0 saturated carbocycles. The highest BCUT2D eigenvalue weighted by atomic mass is 32.2. The van der Waals surface area contributed by atoms with Crippen molar-refractivity contribution < 1.29 is 13.2 Å². The monoisotopic (exact) mass is 284 g/mol. The van der Waals surface area contributed by atoms with E-state index < -0.39 is 10.0 Å². The molecule has 0 amide bonds. The summed E-state index contributed by atoms with van der Waals surface area (Å²) >= 11 is 0.